The van der Waals surface area contributed by atoms with Gasteiger partial charge in [0.25, 0.3) is 5.91 Å². The number of nitrogens with one attached hydrogen (secondary N) is 2. The van der Waals surface area contributed by atoms with Crippen molar-refractivity contribution in [3.05, 3.63) is 53.6 Å². The first-order chi connectivity index (χ1) is 19.5. The summed E-state index contributed by atoms with van der Waals surface area (Å²) < 4.78 is 16.2. The van der Waals surface area contributed by atoms with Gasteiger partial charge in [-0.25, -0.2) is 10.2 Å². The summed E-state index contributed by atoms with van der Waals surface area (Å²) >= 11 is 0. The summed E-state index contributed by atoms with van der Waals surface area (Å²) in [5, 5.41) is 6.57. The molecule has 9 nitrogen and oxygen atoms in total. The molecule has 0 saturated heterocycles. The lowest BCUT2D eigenvalue weighted by atomic mass is 10.1. The van der Waals surface area contributed by atoms with Gasteiger partial charge in [0.05, 0.1) is 32.0 Å². The van der Waals surface area contributed by atoms with Crippen molar-refractivity contribution < 1.29 is 28.6 Å². The van der Waals surface area contributed by atoms with Gasteiger partial charge in [0, 0.05) is 6.42 Å². The molecule has 0 unspecified atom stereocenters. The Balaban J connectivity index is 1.73. The van der Waals surface area contributed by atoms with Crippen LogP contribution in [0.25, 0.3) is 0 Å². The highest BCUT2D eigenvalue weighted by molar-refractivity contribution is 5.92. The van der Waals surface area contributed by atoms with E-state index in [9.17, 15) is 14.4 Å². The topological polar surface area (TPSA) is 115 Å². The Morgan fingerprint density at radius 3 is 2.15 bits per heavy atom. The van der Waals surface area contributed by atoms with E-state index >= 15 is 0 Å². The Morgan fingerprint density at radius 1 is 0.825 bits per heavy atom. The van der Waals surface area contributed by atoms with Crippen LogP contribution in [0.3, 0.4) is 0 Å². The lowest BCUT2D eigenvalue weighted by molar-refractivity contribution is -0.126. The number of hydrogen-bond acceptors (Lipinski definition) is 7. The van der Waals surface area contributed by atoms with Gasteiger partial charge in [-0.05, 0) is 61.4 Å². The van der Waals surface area contributed by atoms with Gasteiger partial charge in [-0.3, -0.25) is 9.59 Å². The van der Waals surface area contributed by atoms with Crippen molar-refractivity contribution in [1.82, 2.24) is 10.7 Å². The van der Waals surface area contributed by atoms with Crippen LogP contribution in [0, 0.1) is 0 Å². The van der Waals surface area contributed by atoms with E-state index in [4.69, 9.17) is 14.2 Å². The summed E-state index contributed by atoms with van der Waals surface area (Å²) in [7, 11) is 1.55. The minimum atomic E-state index is -0.530. The van der Waals surface area contributed by atoms with Crippen LogP contribution in [0.5, 0.6) is 17.2 Å². The van der Waals surface area contributed by atoms with Crippen molar-refractivity contribution in [2.24, 2.45) is 5.10 Å². The molecule has 0 aromatic heterocycles. The molecule has 0 aliphatic carbocycles. The monoisotopic (exact) mass is 553 g/mol. The summed E-state index contributed by atoms with van der Waals surface area (Å²) in [6.07, 6.45) is 12.5. The van der Waals surface area contributed by atoms with Crippen molar-refractivity contribution in [2.45, 2.75) is 78.1 Å². The molecule has 0 atom stereocenters. The minimum absolute atomic E-state index is 0.136. The molecule has 0 fully saturated rings. The highest BCUT2D eigenvalue weighted by Gasteiger charge is 2.13. The highest BCUT2D eigenvalue weighted by atomic mass is 16.6. The van der Waals surface area contributed by atoms with Crippen molar-refractivity contribution in [1.29, 1.82) is 0 Å². The van der Waals surface area contributed by atoms with Gasteiger partial charge >= 0.3 is 5.97 Å². The van der Waals surface area contributed by atoms with Crippen molar-refractivity contribution in [3.63, 3.8) is 0 Å². The van der Waals surface area contributed by atoms with Crippen LogP contribution in [0.4, 0.5) is 0 Å². The van der Waals surface area contributed by atoms with Crippen LogP contribution in [0.1, 0.15) is 94.0 Å². The van der Waals surface area contributed by atoms with E-state index in [1.165, 1.54) is 44.7 Å². The van der Waals surface area contributed by atoms with Crippen LogP contribution in [-0.2, 0) is 9.59 Å². The summed E-state index contributed by atoms with van der Waals surface area (Å²) in [5.74, 6) is 0.174. The van der Waals surface area contributed by atoms with Gasteiger partial charge in [-0.15, -0.1) is 0 Å². The first-order valence-corrected chi connectivity index (χ1v) is 14.2. The van der Waals surface area contributed by atoms with E-state index in [0.29, 0.717) is 35.7 Å². The Hall–Kier alpha value is -3.88. The highest BCUT2D eigenvalue weighted by Crippen LogP contribution is 2.29. The Kier molecular flexibility index (Phi) is 15.5. The molecule has 0 spiro atoms. The summed E-state index contributed by atoms with van der Waals surface area (Å²) in [5.41, 5.74) is 3.40. The third-order valence-corrected chi connectivity index (χ3v) is 6.15. The zero-order valence-electron chi connectivity index (χ0n) is 24.0. The molecule has 2 rings (SSSR count). The molecule has 0 heterocycles. The van der Waals surface area contributed by atoms with Crippen molar-refractivity contribution in [3.8, 4) is 17.2 Å². The quantitative estimate of drug-likeness (QED) is 0.0747. The average Bonchev–Trinajstić information content (AvgIpc) is 2.96. The zero-order valence-corrected chi connectivity index (χ0v) is 24.0. The van der Waals surface area contributed by atoms with E-state index in [1.807, 2.05) is 6.92 Å². The van der Waals surface area contributed by atoms with Crippen LogP contribution >= 0.6 is 0 Å². The van der Waals surface area contributed by atoms with E-state index in [-0.39, 0.29) is 18.2 Å². The number of rotatable bonds is 19. The van der Waals surface area contributed by atoms with Gasteiger partial charge < -0.3 is 19.5 Å². The molecule has 40 heavy (non-hydrogen) atoms. The number of esters is 1. The van der Waals surface area contributed by atoms with Gasteiger partial charge in [0.2, 0.25) is 5.91 Å². The maximum absolute atomic E-state index is 12.5. The average molecular weight is 554 g/mol. The fourth-order valence-corrected chi connectivity index (χ4v) is 3.93. The smallest absolute Gasteiger partial charge is 0.343 e. The lowest BCUT2D eigenvalue weighted by Crippen LogP contribution is -2.34. The van der Waals surface area contributed by atoms with Crippen LogP contribution in [-0.4, -0.2) is 44.3 Å². The number of nitrogens with zero attached hydrogens (tertiary/aromatic N) is 1. The van der Waals surface area contributed by atoms with Crippen molar-refractivity contribution >= 4 is 24.0 Å². The number of amides is 2. The third kappa shape index (κ3) is 12.8. The molecule has 0 bridgehead atoms. The second-order valence-electron chi connectivity index (χ2n) is 9.41. The predicted octanol–water partition coefficient (Wildman–Crippen LogP) is 5.80. The normalized spacial score (nSPS) is 10.8. The summed E-state index contributed by atoms with van der Waals surface area (Å²) in [6, 6.07) is 11.5. The molecule has 0 aliphatic rings. The molecule has 2 aromatic carbocycles. The third-order valence-electron chi connectivity index (χ3n) is 6.15. The molecule has 2 aromatic rings. The SMILES string of the molecule is CCCCCCCCCCCC(=O)NCC(=O)N/N=C\c1ccc(OC(=O)c2ccc(OC)cc2)c(OCC)c1. The van der Waals surface area contributed by atoms with Gasteiger partial charge in [0.1, 0.15) is 5.75 Å². The molecule has 0 saturated carbocycles. The molecular formula is C31H43N3O6. The van der Waals surface area contributed by atoms with Crippen molar-refractivity contribution in [2.75, 3.05) is 20.3 Å². The van der Waals surface area contributed by atoms with E-state index in [2.05, 4.69) is 22.8 Å². The van der Waals surface area contributed by atoms with Gasteiger partial charge in [-0.1, -0.05) is 58.3 Å². The van der Waals surface area contributed by atoms with Gasteiger partial charge in [0.15, 0.2) is 11.5 Å². The number of methoxy groups -OCH3 is 1. The molecule has 9 heteroatoms. The minimum Gasteiger partial charge on any atom is -0.497 e. The molecular weight excluding hydrogens is 510 g/mol. The first kappa shape index (κ1) is 32.3. The fraction of sp³-hybridized carbons (Fsp3) is 0.484. The Bertz CT molecular complexity index is 1080. The van der Waals surface area contributed by atoms with Gasteiger partial charge in [-0.2, -0.15) is 5.10 Å². The standard InChI is InChI=1S/C31H43N3O6/c1-4-6-7-8-9-10-11-12-13-14-29(35)32-23-30(36)34-33-22-24-15-20-27(28(21-24)39-5-2)40-31(37)25-16-18-26(38-3)19-17-25/h15-22H,4-14,23H2,1-3H3,(H,32,35)(H,34,36)/b33-22-. The number of hydrazone groups is 1. The Labute approximate surface area is 237 Å². The van der Waals surface area contributed by atoms with E-state index < -0.39 is 11.9 Å². The predicted molar refractivity (Wildman–Crippen MR) is 156 cm³/mol. The van der Waals surface area contributed by atoms with Crippen LogP contribution in [0.2, 0.25) is 0 Å². The molecule has 2 N–H and O–H groups in total. The van der Waals surface area contributed by atoms with E-state index in [1.54, 1.807) is 49.6 Å². The molecule has 218 valence electrons. The van der Waals surface area contributed by atoms with E-state index in [0.717, 1.165) is 19.3 Å². The maximum Gasteiger partial charge on any atom is 0.343 e. The zero-order chi connectivity index (χ0) is 29.0. The number of hydrogen-bond donors (Lipinski definition) is 2. The number of unbranched alkanes of at least 4 members (excludes halogenated alkanes) is 8. The molecule has 0 aliphatic heterocycles. The largest absolute Gasteiger partial charge is 0.497 e. The second-order valence-corrected chi connectivity index (χ2v) is 9.41. The fourth-order valence-electron chi connectivity index (χ4n) is 3.93. The summed E-state index contributed by atoms with van der Waals surface area (Å²) in [6.45, 7) is 4.26. The molecule has 0 radical (unpaired) electrons. The van der Waals surface area contributed by atoms with Crippen LogP contribution < -0.4 is 25.0 Å². The van der Waals surface area contributed by atoms with Crippen LogP contribution in [0.15, 0.2) is 47.6 Å². The maximum atomic E-state index is 12.5. The number of ether oxygens (including phenoxy) is 3. The number of carbonyl (C=O) groups is 3. The molecule has 2 amide bonds. The first-order valence-electron chi connectivity index (χ1n) is 14.2. The summed E-state index contributed by atoms with van der Waals surface area (Å²) in [4.78, 5) is 36.6. The second kappa shape index (κ2) is 19.2. The lowest BCUT2D eigenvalue weighted by Gasteiger charge is -2.11. The number of carbonyl (C=O) groups excluding carboxylic acids is 3. The number of benzene rings is 2. The Morgan fingerprint density at radius 2 is 1.50 bits per heavy atom.